The van der Waals surface area contributed by atoms with E-state index >= 15 is 0 Å². The van der Waals surface area contributed by atoms with Crippen LogP contribution in [0, 0.1) is 17.8 Å². The molecular weight excluding hydrogens is 452 g/mol. The zero-order valence-electron chi connectivity index (χ0n) is 22.0. The van der Waals surface area contributed by atoms with Gasteiger partial charge in [0, 0.05) is 27.4 Å². The summed E-state index contributed by atoms with van der Waals surface area (Å²) >= 11 is 0. The molecule has 0 aromatic carbocycles. The van der Waals surface area contributed by atoms with Crippen LogP contribution >= 0.6 is 0 Å². The molecule has 1 saturated carbocycles. The van der Waals surface area contributed by atoms with Gasteiger partial charge in [0.1, 0.15) is 12.2 Å². The van der Waals surface area contributed by atoms with Gasteiger partial charge in [-0.2, -0.15) is 0 Å². The summed E-state index contributed by atoms with van der Waals surface area (Å²) in [5.74, 6) is 0.325. The molecule has 9 unspecified atom stereocenters. The molecule has 0 radical (unpaired) electrons. The maximum Gasteiger partial charge on any atom is 0.302 e. The van der Waals surface area contributed by atoms with E-state index in [1.54, 1.807) is 7.11 Å². The lowest BCUT2D eigenvalue weighted by molar-refractivity contribution is -0.154. The van der Waals surface area contributed by atoms with Crippen LogP contribution < -0.4 is 11.1 Å². The van der Waals surface area contributed by atoms with Crippen molar-refractivity contribution >= 4 is 11.9 Å². The second-order valence-corrected chi connectivity index (χ2v) is 10.5. The molecule has 0 aromatic heterocycles. The molecule has 5 N–H and O–H groups in total. The monoisotopic (exact) mass is 500 g/mol. The normalized spacial score (nSPS) is 31.9. The number of ether oxygens (including phenoxy) is 3. The highest BCUT2D eigenvalue weighted by Gasteiger charge is 2.41. The van der Waals surface area contributed by atoms with Crippen LogP contribution in [0.5, 0.6) is 0 Å². The highest BCUT2D eigenvalue weighted by atomic mass is 16.6. The van der Waals surface area contributed by atoms with Crippen LogP contribution in [-0.2, 0) is 23.8 Å². The molecule has 1 aliphatic heterocycles. The van der Waals surface area contributed by atoms with E-state index in [0.29, 0.717) is 56.3 Å². The maximum absolute atomic E-state index is 11.9. The third-order valence-electron chi connectivity index (χ3n) is 7.81. The first-order valence-electron chi connectivity index (χ1n) is 13.3. The molecule has 9 atom stereocenters. The predicted octanol–water partition coefficient (Wildman–Crippen LogP) is 2.26. The average Bonchev–Trinajstić information content (AvgIpc) is 2.80. The van der Waals surface area contributed by atoms with Crippen LogP contribution in [0.3, 0.4) is 0 Å². The van der Waals surface area contributed by atoms with Crippen molar-refractivity contribution in [1.82, 2.24) is 5.32 Å². The van der Waals surface area contributed by atoms with Gasteiger partial charge in [0.05, 0.1) is 24.5 Å². The topological polar surface area (TPSA) is 140 Å². The lowest BCUT2D eigenvalue weighted by atomic mass is 9.66. The lowest BCUT2D eigenvalue weighted by Gasteiger charge is -2.45. The van der Waals surface area contributed by atoms with Crippen LogP contribution in [0.25, 0.3) is 0 Å². The molecule has 0 spiro atoms. The number of aliphatic hydroxyl groups is 2. The fourth-order valence-electron chi connectivity index (χ4n) is 5.98. The summed E-state index contributed by atoms with van der Waals surface area (Å²) in [4.78, 5) is 23.5. The van der Waals surface area contributed by atoms with Gasteiger partial charge in [0.25, 0.3) is 0 Å². The van der Waals surface area contributed by atoms with Crippen LogP contribution in [0.4, 0.5) is 0 Å². The van der Waals surface area contributed by atoms with E-state index < -0.39 is 18.3 Å². The molecule has 2 fully saturated rings. The summed E-state index contributed by atoms with van der Waals surface area (Å²) in [5, 5.41) is 23.9. The third kappa shape index (κ3) is 10.3. The number of hydrogen-bond donors (Lipinski definition) is 4. The summed E-state index contributed by atoms with van der Waals surface area (Å²) < 4.78 is 16.7. The van der Waals surface area contributed by atoms with Crippen molar-refractivity contribution in [3.8, 4) is 0 Å². The Kier molecular flexibility index (Phi) is 12.9. The number of rotatable bonds is 13. The second-order valence-electron chi connectivity index (χ2n) is 10.5. The molecule has 9 heteroatoms. The van der Waals surface area contributed by atoms with Crippen molar-refractivity contribution in [2.75, 3.05) is 13.7 Å². The summed E-state index contributed by atoms with van der Waals surface area (Å²) in [5.41, 5.74) is 6.18. The van der Waals surface area contributed by atoms with Gasteiger partial charge >= 0.3 is 11.9 Å². The van der Waals surface area contributed by atoms with E-state index in [4.69, 9.17) is 19.9 Å². The zero-order valence-corrected chi connectivity index (χ0v) is 22.0. The number of piperidine rings is 1. The van der Waals surface area contributed by atoms with Crippen LogP contribution in [0.1, 0.15) is 85.0 Å². The number of methoxy groups -OCH3 is 1. The van der Waals surface area contributed by atoms with E-state index in [1.807, 2.05) is 6.92 Å². The Morgan fingerprint density at radius 2 is 1.71 bits per heavy atom. The number of nitrogens with one attached hydrogen (secondary N) is 1. The SMILES string of the molecule is CCC(O)CCC(CC(CCC1CC(OC)C(O)CC1C1CCNC(N)C1)OC(C)=O)OC(C)=O. The van der Waals surface area contributed by atoms with E-state index in [1.165, 1.54) is 13.8 Å². The highest BCUT2D eigenvalue weighted by molar-refractivity contribution is 5.66. The summed E-state index contributed by atoms with van der Waals surface area (Å²) in [6, 6.07) is 0. The fraction of sp³-hybridized carbons (Fsp3) is 0.923. The fourth-order valence-corrected chi connectivity index (χ4v) is 5.98. The largest absolute Gasteiger partial charge is 0.462 e. The zero-order chi connectivity index (χ0) is 26.0. The number of hydrogen-bond acceptors (Lipinski definition) is 9. The van der Waals surface area contributed by atoms with Gasteiger partial charge in [-0.1, -0.05) is 6.92 Å². The quantitative estimate of drug-likeness (QED) is 0.280. The summed E-state index contributed by atoms with van der Waals surface area (Å²) in [7, 11) is 1.64. The molecule has 1 aliphatic carbocycles. The Morgan fingerprint density at radius 3 is 2.29 bits per heavy atom. The van der Waals surface area contributed by atoms with Crippen molar-refractivity contribution in [3.05, 3.63) is 0 Å². The minimum atomic E-state index is -0.491. The first-order valence-corrected chi connectivity index (χ1v) is 13.3. The molecule has 2 rings (SSSR count). The van der Waals surface area contributed by atoms with Gasteiger partial charge in [-0.05, 0) is 82.1 Å². The van der Waals surface area contributed by atoms with Crippen molar-refractivity contribution < 1.29 is 34.0 Å². The average molecular weight is 501 g/mol. The van der Waals surface area contributed by atoms with Gasteiger partial charge in [0.2, 0.25) is 0 Å². The second kappa shape index (κ2) is 15.1. The Labute approximate surface area is 210 Å². The molecule has 0 aromatic rings. The molecule has 2 aliphatic rings. The van der Waals surface area contributed by atoms with Crippen LogP contribution in [-0.4, -0.2) is 72.5 Å². The van der Waals surface area contributed by atoms with Gasteiger partial charge in [0.15, 0.2) is 0 Å². The summed E-state index contributed by atoms with van der Waals surface area (Å²) in [6.07, 6.45) is 4.91. The first-order chi connectivity index (χ1) is 16.6. The van der Waals surface area contributed by atoms with E-state index in [-0.39, 0.29) is 30.3 Å². The van der Waals surface area contributed by atoms with Gasteiger partial charge in [-0.3, -0.25) is 9.59 Å². The van der Waals surface area contributed by atoms with Crippen molar-refractivity contribution in [3.63, 3.8) is 0 Å². The first kappa shape index (κ1) is 30.0. The number of nitrogens with two attached hydrogens (primary N) is 1. The number of aliphatic hydroxyl groups excluding tert-OH is 2. The minimum absolute atomic E-state index is 0.0246. The molecular formula is C26H48N2O7. The minimum Gasteiger partial charge on any atom is -0.462 e. The maximum atomic E-state index is 11.9. The molecule has 35 heavy (non-hydrogen) atoms. The molecule has 1 heterocycles. The van der Waals surface area contributed by atoms with Crippen LogP contribution in [0.2, 0.25) is 0 Å². The Balaban J connectivity index is 2.08. The van der Waals surface area contributed by atoms with E-state index in [9.17, 15) is 19.8 Å². The standard InChI is InChI=1S/C26H48N2O7/c1-5-20(31)7-9-22(35-17(3)30)14-21(34-16(2)29)8-6-18-12-25(33-4)24(32)15-23(18)19-10-11-28-26(27)13-19/h18-26,28,31-32H,5-15,27H2,1-4H3. The number of esters is 2. The molecule has 0 amide bonds. The van der Waals surface area contributed by atoms with E-state index in [2.05, 4.69) is 5.32 Å². The number of carbonyl (C=O) groups excluding carboxylic acids is 2. The smallest absolute Gasteiger partial charge is 0.302 e. The van der Waals surface area contributed by atoms with E-state index in [0.717, 1.165) is 32.2 Å². The van der Waals surface area contributed by atoms with Crippen molar-refractivity contribution in [1.29, 1.82) is 0 Å². The molecule has 204 valence electrons. The van der Waals surface area contributed by atoms with Gasteiger partial charge in [-0.15, -0.1) is 0 Å². The third-order valence-corrected chi connectivity index (χ3v) is 7.81. The Bertz CT molecular complexity index is 649. The Morgan fingerprint density at radius 1 is 1.06 bits per heavy atom. The van der Waals surface area contributed by atoms with Crippen molar-refractivity contribution in [2.45, 2.75) is 122 Å². The highest BCUT2D eigenvalue weighted by Crippen LogP contribution is 2.42. The van der Waals surface area contributed by atoms with Gasteiger partial charge in [-0.25, -0.2) is 0 Å². The van der Waals surface area contributed by atoms with Crippen LogP contribution in [0.15, 0.2) is 0 Å². The molecule has 9 nitrogen and oxygen atoms in total. The predicted molar refractivity (Wildman–Crippen MR) is 132 cm³/mol. The molecule has 0 bridgehead atoms. The lowest BCUT2D eigenvalue weighted by Crippen LogP contribution is -2.49. The molecule has 1 saturated heterocycles. The summed E-state index contributed by atoms with van der Waals surface area (Å²) in [6.45, 7) is 5.55. The Hall–Kier alpha value is -1.26. The van der Waals surface area contributed by atoms with Crippen molar-refractivity contribution in [2.24, 2.45) is 23.5 Å². The van der Waals surface area contributed by atoms with Gasteiger partial charge < -0.3 is 35.5 Å². The number of carbonyl (C=O) groups is 2.